The average molecular weight is 273 g/mol. The lowest BCUT2D eigenvalue weighted by atomic mass is 10.2. The van der Waals surface area contributed by atoms with E-state index in [9.17, 15) is 9.59 Å². The highest BCUT2D eigenvalue weighted by atomic mass is 32.2. The maximum atomic E-state index is 11.8. The lowest BCUT2D eigenvalue weighted by Crippen LogP contribution is -2.32. The van der Waals surface area contributed by atoms with Gasteiger partial charge < -0.3 is 9.64 Å². The van der Waals surface area contributed by atoms with Gasteiger partial charge in [-0.15, -0.1) is 11.8 Å². The van der Waals surface area contributed by atoms with Crippen molar-refractivity contribution in [3.63, 3.8) is 0 Å². The molecule has 1 unspecified atom stereocenters. The van der Waals surface area contributed by atoms with Crippen molar-refractivity contribution in [2.45, 2.75) is 51.4 Å². The van der Waals surface area contributed by atoms with Gasteiger partial charge in [0.2, 0.25) is 5.91 Å². The standard InChI is InChI=1S/C13H23NO3S/c1-10(12(16)17-13(2,3)4)18-9-11(15)14-7-5-6-8-14/h10H,5-9H2,1-4H3. The summed E-state index contributed by atoms with van der Waals surface area (Å²) < 4.78 is 5.27. The van der Waals surface area contributed by atoms with E-state index in [1.807, 2.05) is 25.7 Å². The van der Waals surface area contributed by atoms with Gasteiger partial charge >= 0.3 is 5.97 Å². The fourth-order valence-corrected chi connectivity index (χ4v) is 2.47. The van der Waals surface area contributed by atoms with Crippen LogP contribution in [0.4, 0.5) is 0 Å². The number of thioether (sulfide) groups is 1. The fourth-order valence-electron chi connectivity index (χ4n) is 1.71. The molecule has 1 aliphatic heterocycles. The zero-order valence-corrected chi connectivity index (χ0v) is 12.5. The van der Waals surface area contributed by atoms with Crippen molar-refractivity contribution in [3.05, 3.63) is 0 Å². The second-order valence-corrected chi connectivity index (χ2v) is 6.90. The molecule has 0 aromatic heterocycles. The number of carbonyl (C=O) groups is 2. The summed E-state index contributed by atoms with van der Waals surface area (Å²) >= 11 is 1.35. The van der Waals surface area contributed by atoms with Crippen LogP contribution in [0.3, 0.4) is 0 Å². The molecule has 0 spiro atoms. The van der Waals surface area contributed by atoms with Gasteiger partial charge in [0, 0.05) is 13.1 Å². The van der Waals surface area contributed by atoms with E-state index < -0.39 is 5.60 Å². The molecule has 5 heteroatoms. The molecule has 1 atom stereocenters. The number of amides is 1. The third-order valence-corrected chi connectivity index (χ3v) is 3.76. The maximum Gasteiger partial charge on any atom is 0.319 e. The van der Waals surface area contributed by atoms with Crippen molar-refractivity contribution in [3.8, 4) is 0 Å². The number of nitrogens with zero attached hydrogens (tertiary/aromatic N) is 1. The molecule has 1 saturated heterocycles. The molecular weight excluding hydrogens is 250 g/mol. The first-order valence-corrected chi connectivity index (χ1v) is 7.47. The second-order valence-electron chi connectivity index (χ2n) is 5.57. The van der Waals surface area contributed by atoms with Crippen LogP contribution in [-0.2, 0) is 14.3 Å². The number of esters is 1. The fraction of sp³-hybridized carbons (Fsp3) is 0.846. The molecule has 1 rings (SSSR count). The number of hydrogen-bond donors (Lipinski definition) is 0. The van der Waals surface area contributed by atoms with Gasteiger partial charge in [0.25, 0.3) is 0 Å². The number of rotatable bonds is 4. The summed E-state index contributed by atoms with van der Waals surface area (Å²) in [5.74, 6) is 0.245. The molecule has 0 aromatic carbocycles. The summed E-state index contributed by atoms with van der Waals surface area (Å²) in [5, 5.41) is -0.296. The predicted octanol–water partition coefficient (Wildman–Crippen LogP) is 2.07. The SMILES string of the molecule is CC(SCC(=O)N1CCCC1)C(=O)OC(C)(C)C. The molecule has 0 saturated carbocycles. The van der Waals surface area contributed by atoms with Gasteiger partial charge in [0.15, 0.2) is 0 Å². The Bertz CT molecular complexity index is 306. The molecule has 1 fully saturated rings. The number of likely N-dealkylation sites (tertiary alicyclic amines) is 1. The van der Waals surface area contributed by atoms with Crippen LogP contribution in [0.5, 0.6) is 0 Å². The second kappa shape index (κ2) is 6.45. The number of carbonyl (C=O) groups excluding carboxylic acids is 2. The van der Waals surface area contributed by atoms with E-state index in [0.717, 1.165) is 25.9 Å². The van der Waals surface area contributed by atoms with Crippen molar-refractivity contribution in [2.75, 3.05) is 18.8 Å². The molecule has 0 N–H and O–H groups in total. The quantitative estimate of drug-likeness (QED) is 0.736. The predicted molar refractivity (Wildman–Crippen MR) is 73.6 cm³/mol. The normalized spacial score (nSPS) is 17.7. The average Bonchev–Trinajstić information content (AvgIpc) is 2.76. The highest BCUT2D eigenvalue weighted by Gasteiger charge is 2.24. The van der Waals surface area contributed by atoms with Gasteiger partial charge in [-0.1, -0.05) is 0 Å². The zero-order valence-electron chi connectivity index (χ0n) is 11.7. The Hall–Kier alpha value is -0.710. The van der Waals surface area contributed by atoms with E-state index in [1.165, 1.54) is 11.8 Å². The van der Waals surface area contributed by atoms with Crippen molar-refractivity contribution >= 4 is 23.6 Å². The summed E-state index contributed by atoms with van der Waals surface area (Å²) in [4.78, 5) is 25.4. The van der Waals surface area contributed by atoms with Crippen molar-refractivity contribution < 1.29 is 14.3 Å². The third-order valence-electron chi connectivity index (χ3n) is 2.65. The topological polar surface area (TPSA) is 46.6 Å². The van der Waals surface area contributed by atoms with Crippen LogP contribution in [0, 0.1) is 0 Å². The molecule has 0 aromatic rings. The summed E-state index contributed by atoms with van der Waals surface area (Å²) in [6, 6.07) is 0. The smallest absolute Gasteiger partial charge is 0.319 e. The van der Waals surface area contributed by atoms with E-state index in [0.29, 0.717) is 5.75 Å². The largest absolute Gasteiger partial charge is 0.459 e. The van der Waals surface area contributed by atoms with Gasteiger partial charge in [-0.05, 0) is 40.5 Å². The van der Waals surface area contributed by atoms with Gasteiger partial charge in [-0.25, -0.2) is 0 Å². The summed E-state index contributed by atoms with van der Waals surface area (Å²) in [6.45, 7) is 9.05. The van der Waals surface area contributed by atoms with E-state index in [2.05, 4.69) is 0 Å². The Morgan fingerprint density at radius 3 is 2.33 bits per heavy atom. The van der Waals surface area contributed by atoms with Crippen LogP contribution >= 0.6 is 11.8 Å². The van der Waals surface area contributed by atoms with Crippen LogP contribution in [0.25, 0.3) is 0 Å². The van der Waals surface area contributed by atoms with Crippen LogP contribution in [0.2, 0.25) is 0 Å². The lowest BCUT2D eigenvalue weighted by Gasteiger charge is -2.22. The van der Waals surface area contributed by atoms with Crippen molar-refractivity contribution in [2.24, 2.45) is 0 Å². The van der Waals surface area contributed by atoms with Gasteiger partial charge in [-0.2, -0.15) is 0 Å². The minimum atomic E-state index is -0.467. The van der Waals surface area contributed by atoms with Crippen LogP contribution in [0.15, 0.2) is 0 Å². The monoisotopic (exact) mass is 273 g/mol. The molecule has 0 bridgehead atoms. The zero-order chi connectivity index (χ0) is 13.8. The Balaban J connectivity index is 2.29. The number of ether oxygens (including phenoxy) is 1. The Morgan fingerprint density at radius 1 is 1.28 bits per heavy atom. The summed E-state index contributed by atoms with van der Waals surface area (Å²) in [5.41, 5.74) is -0.467. The third kappa shape index (κ3) is 5.29. The maximum absolute atomic E-state index is 11.8. The molecule has 0 radical (unpaired) electrons. The minimum Gasteiger partial charge on any atom is -0.459 e. The molecule has 1 aliphatic rings. The van der Waals surface area contributed by atoms with Gasteiger partial charge in [0.1, 0.15) is 10.9 Å². The molecule has 1 heterocycles. The molecular formula is C13H23NO3S. The van der Waals surface area contributed by atoms with E-state index >= 15 is 0 Å². The first kappa shape index (κ1) is 15.3. The molecule has 0 aliphatic carbocycles. The highest BCUT2D eigenvalue weighted by Crippen LogP contribution is 2.18. The van der Waals surface area contributed by atoms with Crippen molar-refractivity contribution in [1.82, 2.24) is 4.90 Å². The molecule has 18 heavy (non-hydrogen) atoms. The Kier molecular flexibility index (Phi) is 5.50. The van der Waals surface area contributed by atoms with Crippen LogP contribution in [-0.4, -0.2) is 46.5 Å². The highest BCUT2D eigenvalue weighted by molar-refractivity contribution is 8.01. The summed E-state index contributed by atoms with van der Waals surface area (Å²) in [7, 11) is 0. The van der Waals surface area contributed by atoms with E-state index in [-0.39, 0.29) is 17.1 Å². The Morgan fingerprint density at radius 2 is 1.83 bits per heavy atom. The van der Waals surface area contributed by atoms with Crippen LogP contribution < -0.4 is 0 Å². The van der Waals surface area contributed by atoms with E-state index in [4.69, 9.17) is 4.74 Å². The van der Waals surface area contributed by atoms with Gasteiger partial charge in [0.05, 0.1) is 5.75 Å². The van der Waals surface area contributed by atoms with Crippen molar-refractivity contribution in [1.29, 1.82) is 0 Å². The molecule has 1 amide bonds. The first-order valence-electron chi connectivity index (χ1n) is 6.42. The molecule has 4 nitrogen and oxygen atoms in total. The van der Waals surface area contributed by atoms with E-state index in [1.54, 1.807) is 6.92 Å². The summed E-state index contributed by atoms with van der Waals surface area (Å²) in [6.07, 6.45) is 2.19. The first-order chi connectivity index (χ1) is 8.29. The Labute approximate surface area is 113 Å². The minimum absolute atomic E-state index is 0.132. The van der Waals surface area contributed by atoms with Crippen LogP contribution in [0.1, 0.15) is 40.5 Å². The molecule has 104 valence electrons. The lowest BCUT2D eigenvalue weighted by molar-refractivity contribution is -0.153. The van der Waals surface area contributed by atoms with Gasteiger partial charge in [-0.3, -0.25) is 9.59 Å². The number of hydrogen-bond acceptors (Lipinski definition) is 4.